The molecule has 0 radical (unpaired) electrons. The zero-order chi connectivity index (χ0) is 19.4. The van der Waals surface area contributed by atoms with Crippen LogP contribution in [-0.2, 0) is 14.8 Å². The lowest BCUT2D eigenvalue weighted by atomic mass is 9.98. The molecule has 10 heteroatoms. The fourth-order valence-corrected chi connectivity index (χ4v) is 3.44. The van der Waals surface area contributed by atoms with Crippen LogP contribution in [0.4, 0.5) is 13.2 Å². The molecule has 1 aromatic rings. The molecule has 0 saturated carbocycles. The Labute approximate surface area is 149 Å². The molecule has 0 amide bonds. The van der Waals surface area contributed by atoms with Crippen molar-refractivity contribution in [3.63, 3.8) is 0 Å². The summed E-state index contributed by atoms with van der Waals surface area (Å²) in [6.07, 6.45) is -4.42. The van der Waals surface area contributed by atoms with Gasteiger partial charge in [0.05, 0.1) is 19.0 Å². The summed E-state index contributed by atoms with van der Waals surface area (Å²) in [5.74, 6) is -1.90. The minimum Gasteiger partial charge on any atom is -0.493 e. The molecule has 0 aromatic heterocycles. The fraction of sp³-hybridized carbons (Fsp3) is 0.562. The summed E-state index contributed by atoms with van der Waals surface area (Å²) in [6.45, 7) is 2.41. The summed E-state index contributed by atoms with van der Waals surface area (Å²) < 4.78 is 74.2. The second-order valence-corrected chi connectivity index (χ2v) is 7.96. The second-order valence-electron chi connectivity index (χ2n) is 5.91. The van der Waals surface area contributed by atoms with E-state index >= 15 is 0 Å². The summed E-state index contributed by atoms with van der Waals surface area (Å²) >= 11 is 0. The highest BCUT2D eigenvalue weighted by Gasteiger charge is 2.39. The Bertz CT molecular complexity index is 718. The van der Waals surface area contributed by atoms with E-state index in [0.29, 0.717) is 19.6 Å². The third-order valence-electron chi connectivity index (χ3n) is 4.02. The van der Waals surface area contributed by atoms with Crippen molar-refractivity contribution in [3.05, 3.63) is 29.8 Å². The summed E-state index contributed by atoms with van der Waals surface area (Å²) in [7, 11) is -3.37. The van der Waals surface area contributed by atoms with E-state index in [1.807, 2.05) is 0 Å². The van der Waals surface area contributed by atoms with Gasteiger partial charge < -0.3 is 9.47 Å². The van der Waals surface area contributed by atoms with E-state index < -0.39 is 27.5 Å². The number of halogens is 3. The van der Waals surface area contributed by atoms with Gasteiger partial charge in [0, 0.05) is 24.1 Å². The summed E-state index contributed by atoms with van der Waals surface area (Å²) in [6, 6.07) is 4.29. The third kappa shape index (κ3) is 5.68. The van der Waals surface area contributed by atoms with Crippen LogP contribution >= 0.6 is 0 Å². The van der Waals surface area contributed by atoms with Crippen LogP contribution in [0.15, 0.2) is 24.3 Å². The highest BCUT2D eigenvalue weighted by atomic mass is 32.2. The Morgan fingerprint density at radius 1 is 1.31 bits per heavy atom. The predicted molar refractivity (Wildman–Crippen MR) is 87.6 cm³/mol. The number of alkyl halides is 3. The van der Waals surface area contributed by atoms with Gasteiger partial charge in [-0.25, -0.2) is 13.1 Å². The van der Waals surface area contributed by atoms with Gasteiger partial charge in [0.25, 0.3) is 5.78 Å². The van der Waals surface area contributed by atoms with Gasteiger partial charge in [-0.05, 0) is 37.6 Å². The quantitative estimate of drug-likeness (QED) is 0.716. The van der Waals surface area contributed by atoms with Crippen LogP contribution in [0.1, 0.15) is 23.7 Å². The van der Waals surface area contributed by atoms with Gasteiger partial charge in [0.15, 0.2) is 0 Å². The smallest absolute Gasteiger partial charge is 0.454 e. The SMILES string of the molecule is CCS(=O)(=O)N[C@H]1CCOC[C@@H]1COc1ccc(C(=O)C(F)(F)F)cc1. The van der Waals surface area contributed by atoms with Crippen molar-refractivity contribution in [2.75, 3.05) is 25.6 Å². The molecule has 0 unspecified atom stereocenters. The summed E-state index contributed by atoms with van der Waals surface area (Å²) in [5.41, 5.74) is -0.473. The molecule has 1 N–H and O–H groups in total. The normalized spacial score (nSPS) is 21.4. The molecular weight excluding hydrogens is 375 g/mol. The predicted octanol–water partition coefficient (Wildman–Crippen LogP) is 2.15. The van der Waals surface area contributed by atoms with Gasteiger partial charge in [-0.2, -0.15) is 13.2 Å². The van der Waals surface area contributed by atoms with Crippen molar-refractivity contribution < 1.29 is 35.9 Å². The topological polar surface area (TPSA) is 81.7 Å². The first-order valence-corrected chi connectivity index (χ1v) is 9.69. The average molecular weight is 395 g/mol. The molecular formula is C16H20F3NO5S. The van der Waals surface area contributed by atoms with Gasteiger partial charge in [0.2, 0.25) is 10.0 Å². The zero-order valence-electron chi connectivity index (χ0n) is 14.1. The minimum absolute atomic E-state index is 0.0351. The van der Waals surface area contributed by atoms with E-state index in [1.54, 1.807) is 0 Å². The van der Waals surface area contributed by atoms with Crippen molar-refractivity contribution in [1.29, 1.82) is 0 Å². The van der Waals surface area contributed by atoms with Crippen molar-refractivity contribution >= 4 is 15.8 Å². The van der Waals surface area contributed by atoms with Crippen molar-refractivity contribution in [3.8, 4) is 5.75 Å². The maximum absolute atomic E-state index is 12.4. The number of hydrogen-bond donors (Lipinski definition) is 1. The molecule has 1 aromatic carbocycles. The Morgan fingerprint density at radius 3 is 2.54 bits per heavy atom. The van der Waals surface area contributed by atoms with E-state index in [2.05, 4.69) is 4.72 Å². The number of nitrogens with one attached hydrogen (secondary N) is 1. The molecule has 2 atom stereocenters. The van der Waals surface area contributed by atoms with Crippen molar-refractivity contribution in [1.82, 2.24) is 4.72 Å². The molecule has 146 valence electrons. The summed E-state index contributed by atoms with van der Waals surface area (Å²) in [4.78, 5) is 11.1. The molecule has 1 saturated heterocycles. The standard InChI is InChI=1S/C16H20F3NO5S/c1-2-26(22,23)20-14-7-8-24-9-12(14)10-25-13-5-3-11(4-6-13)15(21)16(17,18)19/h3-6,12,14,20H,2,7-10H2,1H3/t12-,14+/m1/s1. The van der Waals surface area contributed by atoms with Crippen molar-refractivity contribution in [2.24, 2.45) is 5.92 Å². The Kier molecular flexibility index (Phi) is 6.64. The molecule has 1 aliphatic rings. The highest BCUT2D eigenvalue weighted by molar-refractivity contribution is 7.89. The largest absolute Gasteiger partial charge is 0.493 e. The van der Waals surface area contributed by atoms with E-state index in [0.717, 1.165) is 12.1 Å². The number of benzene rings is 1. The number of hydrogen-bond acceptors (Lipinski definition) is 5. The van der Waals surface area contributed by atoms with Crippen LogP contribution < -0.4 is 9.46 Å². The van der Waals surface area contributed by atoms with Gasteiger partial charge in [-0.3, -0.25) is 4.79 Å². The molecule has 2 rings (SSSR count). The lowest BCUT2D eigenvalue weighted by Crippen LogP contribution is -2.47. The van der Waals surface area contributed by atoms with E-state index in [1.165, 1.54) is 19.1 Å². The molecule has 1 heterocycles. The third-order valence-corrected chi connectivity index (χ3v) is 5.45. The molecule has 6 nitrogen and oxygen atoms in total. The van der Waals surface area contributed by atoms with Crippen LogP contribution in [0.25, 0.3) is 0 Å². The number of sulfonamides is 1. The number of carbonyl (C=O) groups is 1. The molecule has 1 aliphatic heterocycles. The molecule has 26 heavy (non-hydrogen) atoms. The number of rotatable bonds is 7. The first kappa shape index (κ1) is 20.7. The fourth-order valence-electron chi connectivity index (χ4n) is 2.50. The highest BCUT2D eigenvalue weighted by Crippen LogP contribution is 2.24. The van der Waals surface area contributed by atoms with Crippen molar-refractivity contribution in [2.45, 2.75) is 25.6 Å². The first-order chi connectivity index (χ1) is 12.1. The lowest BCUT2D eigenvalue weighted by molar-refractivity contribution is -0.0885. The molecule has 0 spiro atoms. The zero-order valence-corrected chi connectivity index (χ0v) is 14.9. The van der Waals surface area contributed by atoms with Crippen LogP contribution in [0.5, 0.6) is 5.75 Å². The number of ether oxygens (including phenoxy) is 2. The molecule has 0 aliphatic carbocycles. The van der Waals surface area contributed by atoms with Crippen LogP contribution in [0.3, 0.4) is 0 Å². The van der Waals surface area contributed by atoms with E-state index in [9.17, 15) is 26.4 Å². The number of Topliss-reactive ketones (excluding diaryl/α,β-unsaturated/α-hetero) is 1. The van der Waals surface area contributed by atoms with Crippen LogP contribution in [0.2, 0.25) is 0 Å². The second kappa shape index (κ2) is 8.36. The number of ketones is 1. The first-order valence-electron chi connectivity index (χ1n) is 8.04. The molecule has 1 fully saturated rings. The van der Waals surface area contributed by atoms with Gasteiger partial charge in [0.1, 0.15) is 5.75 Å². The monoisotopic (exact) mass is 395 g/mol. The Balaban J connectivity index is 1.97. The van der Waals surface area contributed by atoms with Crippen LogP contribution in [-0.4, -0.2) is 52.0 Å². The van der Waals surface area contributed by atoms with Gasteiger partial charge in [-0.1, -0.05) is 0 Å². The maximum atomic E-state index is 12.4. The Morgan fingerprint density at radius 2 is 1.96 bits per heavy atom. The van der Waals surface area contributed by atoms with Gasteiger partial charge >= 0.3 is 6.18 Å². The molecule has 0 bridgehead atoms. The summed E-state index contributed by atoms with van der Waals surface area (Å²) in [5, 5.41) is 0. The van der Waals surface area contributed by atoms with Crippen LogP contribution in [0, 0.1) is 5.92 Å². The van der Waals surface area contributed by atoms with Gasteiger partial charge in [-0.15, -0.1) is 0 Å². The maximum Gasteiger partial charge on any atom is 0.454 e. The van der Waals surface area contributed by atoms with E-state index in [4.69, 9.17) is 9.47 Å². The van der Waals surface area contributed by atoms with E-state index in [-0.39, 0.29) is 30.1 Å². The average Bonchev–Trinajstić information content (AvgIpc) is 2.60. The number of carbonyl (C=O) groups excluding carboxylic acids is 1. The Hall–Kier alpha value is -1.65. The lowest BCUT2D eigenvalue weighted by Gasteiger charge is -2.31. The minimum atomic E-state index is -4.93.